The summed E-state index contributed by atoms with van der Waals surface area (Å²) in [6, 6.07) is 20.4. The quantitative estimate of drug-likeness (QED) is 0.692. The van der Waals surface area contributed by atoms with Gasteiger partial charge in [-0.05, 0) is 19.4 Å². The molecule has 0 unspecified atom stereocenters. The summed E-state index contributed by atoms with van der Waals surface area (Å²) < 4.78 is 0. The van der Waals surface area contributed by atoms with E-state index < -0.39 is 0 Å². The molecule has 0 fully saturated rings. The molecule has 2 rings (SSSR count). The molecule has 0 heterocycles. The van der Waals surface area contributed by atoms with Gasteiger partial charge in [0.2, 0.25) is 0 Å². The van der Waals surface area contributed by atoms with E-state index in [1.54, 1.807) is 0 Å². The molecule has 0 saturated carbocycles. The molecule has 0 bridgehead atoms. The van der Waals surface area contributed by atoms with Crippen molar-refractivity contribution in [3.05, 3.63) is 77.4 Å². The van der Waals surface area contributed by atoms with E-state index in [1.165, 1.54) is 5.57 Å². The third-order valence-corrected chi connectivity index (χ3v) is 2.66. The van der Waals surface area contributed by atoms with E-state index in [0.29, 0.717) is 0 Å². The van der Waals surface area contributed by atoms with Gasteiger partial charge in [0.1, 0.15) is 0 Å². The predicted molar refractivity (Wildman–Crippen MR) is 78.7 cm³/mol. The second-order valence-electron chi connectivity index (χ2n) is 4.38. The summed E-state index contributed by atoms with van der Waals surface area (Å²) in [5, 5.41) is 0. The molecule has 0 aromatic heterocycles. The molecule has 0 aliphatic heterocycles. The first-order valence-corrected chi connectivity index (χ1v) is 6.09. The molecule has 2 aromatic carbocycles. The molecule has 2 aromatic rings. The van der Waals surface area contributed by atoms with E-state index in [0.717, 1.165) is 16.8 Å². The molecule has 0 radical (unpaired) electrons. The zero-order chi connectivity index (χ0) is 12.8. The fraction of sp³-hybridized carbons (Fsp3) is 0.118. The van der Waals surface area contributed by atoms with Crippen LogP contribution in [0, 0.1) is 0 Å². The molecule has 0 N–H and O–H groups in total. The summed E-state index contributed by atoms with van der Waals surface area (Å²) in [5.41, 5.74) is 4.53. The molecule has 0 atom stereocenters. The highest BCUT2D eigenvalue weighted by molar-refractivity contribution is 5.85. The minimum atomic E-state index is 1.04. The van der Waals surface area contributed by atoms with Crippen LogP contribution in [0.25, 0.3) is 5.70 Å². The highest BCUT2D eigenvalue weighted by Crippen LogP contribution is 2.19. The number of rotatable bonds is 3. The van der Waals surface area contributed by atoms with Crippen molar-refractivity contribution in [2.45, 2.75) is 13.8 Å². The van der Waals surface area contributed by atoms with Gasteiger partial charge in [0.25, 0.3) is 0 Å². The molecule has 0 amide bonds. The summed E-state index contributed by atoms with van der Waals surface area (Å²) in [7, 11) is 0. The standard InChI is InChI=1S/C17H17N/c1-14(2)17(16-11-7-4-8-12-16)18-13-15-9-5-3-6-10-15/h3-13H,1-2H3. The Balaban J connectivity index is 2.30. The Morgan fingerprint density at radius 1 is 0.833 bits per heavy atom. The SMILES string of the molecule is CC(C)=C(N=Cc1ccccc1)c1ccccc1. The van der Waals surface area contributed by atoms with Crippen LogP contribution in [0.2, 0.25) is 0 Å². The summed E-state index contributed by atoms with van der Waals surface area (Å²) >= 11 is 0. The second-order valence-corrected chi connectivity index (χ2v) is 4.38. The molecule has 18 heavy (non-hydrogen) atoms. The van der Waals surface area contributed by atoms with Crippen LogP contribution in [0.15, 0.2) is 71.2 Å². The van der Waals surface area contributed by atoms with E-state index in [9.17, 15) is 0 Å². The average molecular weight is 235 g/mol. The third kappa shape index (κ3) is 3.17. The highest BCUT2D eigenvalue weighted by Gasteiger charge is 2.00. The lowest BCUT2D eigenvalue weighted by atomic mass is 10.1. The Bertz CT molecular complexity index is 547. The first kappa shape index (κ1) is 12.3. The van der Waals surface area contributed by atoms with Crippen molar-refractivity contribution in [2.75, 3.05) is 0 Å². The van der Waals surface area contributed by atoms with E-state index in [2.05, 4.69) is 43.1 Å². The minimum absolute atomic E-state index is 1.04. The van der Waals surface area contributed by atoms with Crippen LogP contribution in [0.1, 0.15) is 25.0 Å². The van der Waals surface area contributed by atoms with Gasteiger partial charge in [-0.25, -0.2) is 0 Å². The first-order chi connectivity index (χ1) is 8.77. The summed E-state index contributed by atoms with van der Waals surface area (Å²) in [6.45, 7) is 4.18. The van der Waals surface area contributed by atoms with Crippen molar-refractivity contribution in [2.24, 2.45) is 4.99 Å². The van der Waals surface area contributed by atoms with Crippen molar-refractivity contribution in [1.29, 1.82) is 0 Å². The maximum atomic E-state index is 4.62. The Kier molecular flexibility index (Phi) is 4.08. The Morgan fingerprint density at radius 2 is 1.39 bits per heavy atom. The van der Waals surface area contributed by atoms with Gasteiger partial charge >= 0.3 is 0 Å². The monoisotopic (exact) mass is 235 g/mol. The van der Waals surface area contributed by atoms with Gasteiger partial charge in [-0.2, -0.15) is 0 Å². The first-order valence-electron chi connectivity index (χ1n) is 6.09. The van der Waals surface area contributed by atoms with Crippen molar-refractivity contribution in [3.8, 4) is 0 Å². The lowest BCUT2D eigenvalue weighted by Crippen LogP contribution is -1.86. The number of aliphatic imine (C=N–C) groups is 1. The van der Waals surface area contributed by atoms with Gasteiger partial charge < -0.3 is 0 Å². The Hall–Kier alpha value is -2.15. The van der Waals surface area contributed by atoms with Crippen LogP contribution in [0.4, 0.5) is 0 Å². The largest absolute Gasteiger partial charge is 0.256 e. The molecule has 90 valence electrons. The summed E-state index contributed by atoms with van der Waals surface area (Å²) in [5.74, 6) is 0. The van der Waals surface area contributed by atoms with Crippen LogP contribution in [0.5, 0.6) is 0 Å². The lowest BCUT2D eigenvalue weighted by Gasteiger charge is -2.04. The fourth-order valence-electron chi connectivity index (χ4n) is 1.77. The molecular weight excluding hydrogens is 218 g/mol. The maximum Gasteiger partial charge on any atom is 0.0688 e. The maximum absolute atomic E-state index is 4.62. The Labute approximate surface area is 109 Å². The van der Waals surface area contributed by atoms with Gasteiger partial charge in [-0.1, -0.05) is 66.2 Å². The van der Waals surface area contributed by atoms with Gasteiger partial charge in [-0.3, -0.25) is 4.99 Å². The van der Waals surface area contributed by atoms with Crippen LogP contribution in [-0.2, 0) is 0 Å². The van der Waals surface area contributed by atoms with E-state index in [1.807, 2.05) is 42.6 Å². The summed E-state index contributed by atoms with van der Waals surface area (Å²) in [6.07, 6.45) is 1.91. The van der Waals surface area contributed by atoms with Crippen molar-refractivity contribution < 1.29 is 0 Å². The van der Waals surface area contributed by atoms with E-state index in [4.69, 9.17) is 0 Å². The minimum Gasteiger partial charge on any atom is -0.256 e. The predicted octanol–water partition coefficient (Wildman–Crippen LogP) is 4.56. The van der Waals surface area contributed by atoms with Gasteiger partial charge in [0.05, 0.1) is 5.70 Å². The number of benzene rings is 2. The van der Waals surface area contributed by atoms with Crippen LogP contribution in [0.3, 0.4) is 0 Å². The molecular formula is C17H17N. The second kappa shape index (κ2) is 5.97. The van der Waals surface area contributed by atoms with Crippen molar-refractivity contribution >= 4 is 11.9 Å². The normalized spacial score (nSPS) is 10.6. The fourth-order valence-corrected chi connectivity index (χ4v) is 1.77. The number of hydrogen-bond acceptors (Lipinski definition) is 1. The lowest BCUT2D eigenvalue weighted by molar-refractivity contribution is 1.34. The molecule has 0 spiro atoms. The molecule has 0 aliphatic rings. The van der Waals surface area contributed by atoms with Crippen molar-refractivity contribution in [1.82, 2.24) is 0 Å². The zero-order valence-corrected chi connectivity index (χ0v) is 10.8. The molecule has 0 aliphatic carbocycles. The zero-order valence-electron chi connectivity index (χ0n) is 10.8. The van der Waals surface area contributed by atoms with Gasteiger partial charge in [-0.15, -0.1) is 0 Å². The summed E-state index contributed by atoms with van der Waals surface area (Å²) in [4.78, 5) is 4.62. The Morgan fingerprint density at radius 3 is 1.94 bits per heavy atom. The number of nitrogens with zero attached hydrogens (tertiary/aromatic N) is 1. The van der Waals surface area contributed by atoms with Crippen molar-refractivity contribution in [3.63, 3.8) is 0 Å². The highest BCUT2D eigenvalue weighted by atomic mass is 14.7. The van der Waals surface area contributed by atoms with Crippen LogP contribution >= 0.6 is 0 Å². The van der Waals surface area contributed by atoms with E-state index in [-0.39, 0.29) is 0 Å². The van der Waals surface area contributed by atoms with Gasteiger partial charge in [0, 0.05) is 11.8 Å². The third-order valence-electron chi connectivity index (χ3n) is 2.66. The van der Waals surface area contributed by atoms with Gasteiger partial charge in [0.15, 0.2) is 0 Å². The average Bonchev–Trinajstić information content (AvgIpc) is 2.41. The smallest absolute Gasteiger partial charge is 0.0688 e. The topological polar surface area (TPSA) is 12.4 Å². The van der Waals surface area contributed by atoms with E-state index >= 15 is 0 Å². The van der Waals surface area contributed by atoms with Crippen LogP contribution < -0.4 is 0 Å². The van der Waals surface area contributed by atoms with Crippen LogP contribution in [-0.4, -0.2) is 6.21 Å². The molecule has 1 nitrogen and oxygen atoms in total. The number of hydrogen-bond donors (Lipinski definition) is 0. The molecule has 1 heteroatoms. The number of allylic oxidation sites excluding steroid dienone is 1. The molecule has 0 saturated heterocycles.